The van der Waals surface area contributed by atoms with Gasteiger partial charge in [0, 0.05) is 18.1 Å². The highest BCUT2D eigenvalue weighted by atomic mass is 79.9. The van der Waals surface area contributed by atoms with E-state index < -0.39 is 15.4 Å². The zero-order valence-electron chi connectivity index (χ0n) is 12.8. The molecule has 0 radical (unpaired) electrons. The lowest BCUT2D eigenvalue weighted by Crippen LogP contribution is -2.50. The van der Waals surface area contributed by atoms with E-state index in [4.69, 9.17) is 5.73 Å². The molecule has 1 aromatic rings. The van der Waals surface area contributed by atoms with Crippen molar-refractivity contribution >= 4 is 31.7 Å². The zero-order valence-corrected chi connectivity index (χ0v) is 15.2. The molecule has 2 atom stereocenters. The molecule has 122 valence electrons. The molecule has 2 N–H and O–H groups in total. The van der Waals surface area contributed by atoms with E-state index in [0.717, 1.165) is 10.0 Å². The number of hydrogen-bond acceptors (Lipinski definition) is 4. The van der Waals surface area contributed by atoms with Crippen LogP contribution in [0.3, 0.4) is 0 Å². The number of carbonyl (C=O) groups excluding carboxylic acids is 1. The summed E-state index contributed by atoms with van der Waals surface area (Å²) in [5.74, 6) is 0.162. The molecule has 0 aliphatic carbocycles. The normalized spacial score (nSPS) is 23.0. The standard InChI is InChI=1S/C15H21BrN2O3S/c1-15(17,12-3-5-13(16)6-4-12)14(19)18(2)9-11-7-8-22(20,21)10-11/h3-6,11H,7-10,17H2,1-2H3. The van der Waals surface area contributed by atoms with Gasteiger partial charge >= 0.3 is 0 Å². The minimum atomic E-state index is -2.93. The van der Waals surface area contributed by atoms with Gasteiger partial charge in [-0.2, -0.15) is 0 Å². The lowest BCUT2D eigenvalue weighted by Gasteiger charge is -2.31. The van der Waals surface area contributed by atoms with Gasteiger partial charge in [-0.1, -0.05) is 28.1 Å². The Kier molecular flexibility index (Phi) is 4.99. The van der Waals surface area contributed by atoms with E-state index in [0.29, 0.717) is 13.0 Å². The zero-order chi connectivity index (χ0) is 16.5. The highest BCUT2D eigenvalue weighted by molar-refractivity contribution is 9.10. The smallest absolute Gasteiger partial charge is 0.246 e. The number of benzene rings is 1. The molecule has 0 bridgehead atoms. The summed E-state index contributed by atoms with van der Waals surface area (Å²) in [7, 11) is -1.26. The van der Waals surface area contributed by atoms with Crippen LogP contribution >= 0.6 is 15.9 Å². The highest BCUT2D eigenvalue weighted by Crippen LogP contribution is 2.24. The first kappa shape index (κ1) is 17.4. The van der Waals surface area contributed by atoms with Gasteiger partial charge in [0.25, 0.3) is 0 Å². The van der Waals surface area contributed by atoms with E-state index in [1.165, 1.54) is 0 Å². The van der Waals surface area contributed by atoms with Crippen LogP contribution in [0.2, 0.25) is 0 Å². The van der Waals surface area contributed by atoms with Crippen molar-refractivity contribution in [2.75, 3.05) is 25.1 Å². The van der Waals surface area contributed by atoms with Crippen LogP contribution in [0.25, 0.3) is 0 Å². The summed E-state index contributed by atoms with van der Waals surface area (Å²) in [5, 5.41) is 0. The molecule has 1 heterocycles. The third-order valence-corrected chi connectivity index (χ3v) is 6.46. The summed E-state index contributed by atoms with van der Waals surface area (Å²) in [4.78, 5) is 14.2. The van der Waals surface area contributed by atoms with Crippen molar-refractivity contribution in [2.24, 2.45) is 11.7 Å². The molecule has 1 amide bonds. The first-order valence-electron chi connectivity index (χ1n) is 7.13. The average molecular weight is 389 g/mol. The third kappa shape index (κ3) is 3.88. The first-order valence-corrected chi connectivity index (χ1v) is 9.74. The first-order chi connectivity index (χ1) is 10.1. The number of rotatable bonds is 4. The third-order valence-electron chi connectivity index (χ3n) is 4.09. The van der Waals surface area contributed by atoms with Crippen molar-refractivity contribution in [2.45, 2.75) is 18.9 Å². The topological polar surface area (TPSA) is 80.5 Å². The van der Waals surface area contributed by atoms with Crippen LogP contribution in [0.4, 0.5) is 0 Å². The Balaban J connectivity index is 2.07. The minimum absolute atomic E-state index is 0.000308. The maximum atomic E-state index is 12.6. The van der Waals surface area contributed by atoms with Gasteiger partial charge in [-0.3, -0.25) is 4.79 Å². The van der Waals surface area contributed by atoms with Gasteiger partial charge in [-0.15, -0.1) is 0 Å². The second-order valence-corrected chi connectivity index (χ2v) is 9.31. The number of carbonyl (C=O) groups is 1. The number of sulfone groups is 1. The van der Waals surface area contributed by atoms with Crippen molar-refractivity contribution in [1.29, 1.82) is 0 Å². The van der Waals surface area contributed by atoms with Gasteiger partial charge in [0.05, 0.1) is 11.5 Å². The lowest BCUT2D eigenvalue weighted by molar-refractivity contribution is -0.135. The van der Waals surface area contributed by atoms with E-state index in [1.807, 2.05) is 24.3 Å². The summed E-state index contributed by atoms with van der Waals surface area (Å²) in [5.41, 5.74) is 5.83. The molecular weight excluding hydrogens is 368 g/mol. The molecule has 2 unspecified atom stereocenters. The van der Waals surface area contributed by atoms with E-state index in [9.17, 15) is 13.2 Å². The SMILES string of the molecule is CN(CC1CCS(=O)(=O)C1)C(=O)C(C)(N)c1ccc(Br)cc1. The lowest BCUT2D eigenvalue weighted by atomic mass is 9.91. The Labute approximate surface area is 139 Å². The monoisotopic (exact) mass is 388 g/mol. The van der Waals surface area contributed by atoms with Gasteiger partial charge in [-0.05, 0) is 37.0 Å². The summed E-state index contributed by atoms with van der Waals surface area (Å²) in [6, 6.07) is 7.32. The van der Waals surface area contributed by atoms with Crippen molar-refractivity contribution < 1.29 is 13.2 Å². The van der Waals surface area contributed by atoms with Crippen LogP contribution in [0, 0.1) is 5.92 Å². The van der Waals surface area contributed by atoms with Gasteiger partial charge in [0.2, 0.25) is 5.91 Å². The fourth-order valence-electron chi connectivity index (χ4n) is 2.80. The highest BCUT2D eigenvalue weighted by Gasteiger charge is 2.35. The maximum absolute atomic E-state index is 12.6. The van der Waals surface area contributed by atoms with Crippen molar-refractivity contribution in [3.63, 3.8) is 0 Å². The Hall–Kier alpha value is -0.920. The van der Waals surface area contributed by atoms with Gasteiger partial charge in [-0.25, -0.2) is 8.42 Å². The van der Waals surface area contributed by atoms with Gasteiger partial charge in [0.1, 0.15) is 5.54 Å². The van der Waals surface area contributed by atoms with Gasteiger partial charge < -0.3 is 10.6 Å². The molecule has 0 saturated carbocycles. The molecule has 1 aliphatic heterocycles. The van der Waals surface area contributed by atoms with E-state index in [2.05, 4.69) is 15.9 Å². The second kappa shape index (κ2) is 6.29. The quantitative estimate of drug-likeness (QED) is 0.847. The number of nitrogens with zero attached hydrogens (tertiary/aromatic N) is 1. The minimum Gasteiger partial charge on any atom is -0.344 e. The van der Waals surface area contributed by atoms with Crippen molar-refractivity contribution in [3.8, 4) is 0 Å². The van der Waals surface area contributed by atoms with Crippen LogP contribution in [0.15, 0.2) is 28.7 Å². The Morgan fingerprint density at radius 2 is 2.00 bits per heavy atom. The van der Waals surface area contributed by atoms with Gasteiger partial charge in [0.15, 0.2) is 9.84 Å². The van der Waals surface area contributed by atoms with Crippen molar-refractivity contribution in [3.05, 3.63) is 34.3 Å². The fourth-order valence-corrected chi connectivity index (χ4v) is 4.92. The average Bonchev–Trinajstić information content (AvgIpc) is 2.77. The predicted octanol–water partition coefficient (Wildman–Crippen LogP) is 1.52. The van der Waals surface area contributed by atoms with Crippen molar-refractivity contribution in [1.82, 2.24) is 4.90 Å². The number of nitrogens with two attached hydrogens (primary N) is 1. The molecule has 5 nitrogen and oxygen atoms in total. The number of likely N-dealkylation sites (N-methyl/N-ethyl adjacent to an activating group) is 1. The van der Waals surface area contributed by atoms with Crippen LogP contribution in [-0.2, 0) is 20.2 Å². The molecule has 2 rings (SSSR count). The molecule has 0 aromatic heterocycles. The second-order valence-electron chi connectivity index (χ2n) is 6.16. The Bertz CT molecular complexity index is 656. The van der Waals surface area contributed by atoms with Crippen LogP contribution in [0.5, 0.6) is 0 Å². The molecule has 1 saturated heterocycles. The van der Waals surface area contributed by atoms with E-state index >= 15 is 0 Å². The molecule has 1 aromatic carbocycles. The van der Waals surface area contributed by atoms with Crippen LogP contribution < -0.4 is 5.73 Å². The Morgan fingerprint density at radius 3 is 2.50 bits per heavy atom. The number of halogens is 1. The molecule has 22 heavy (non-hydrogen) atoms. The number of amides is 1. The van der Waals surface area contributed by atoms with Crippen LogP contribution in [0.1, 0.15) is 18.9 Å². The predicted molar refractivity (Wildman–Crippen MR) is 90.1 cm³/mol. The number of hydrogen-bond donors (Lipinski definition) is 1. The maximum Gasteiger partial charge on any atom is 0.246 e. The largest absolute Gasteiger partial charge is 0.344 e. The summed E-state index contributed by atoms with van der Waals surface area (Å²) < 4.78 is 23.9. The van der Waals surface area contributed by atoms with Crippen LogP contribution in [-0.4, -0.2) is 44.3 Å². The molecule has 7 heteroatoms. The van der Waals surface area contributed by atoms with E-state index in [1.54, 1.807) is 18.9 Å². The summed E-state index contributed by atoms with van der Waals surface area (Å²) in [6.45, 7) is 2.10. The molecule has 1 fully saturated rings. The molecule has 0 spiro atoms. The fraction of sp³-hybridized carbons (Fsp3) is 0.533. The van der Waals surface area contributed by atoms with E-state index in [-0.39, 0.29) is 23.3 Å². The Morgan fingerprint density at radius 1 is 1.41 bits per heavy atom. The summed E-state index contributed by atoms with van der Waals surface area (Å²) in [6.07, 6.45) is 0.611. The summed E-state index contributed by atoms with van der Waals surface area (Å²) >= 11 is 3.35. The molecular formula is C15H21BrN2O3S. The molecule has 1 aliphatic rings.